The van der Waals surface area contributed by atoms with Gasteiger partial charge >= 0.3 is 0 Å². The Balaban J connectivity index is 2.86. The van der Waals surface area contributed by atoms with E-state index < -0.39 is 6.04 Å². The maximum Gasteiger partial charge on any atom is 0.180 e. The Hall–Kier alpha value is -1.22. The zero-order valence-corrected chi connectivity index (χ0v) is 6.32. The summed E-state index contributed by atoms with van der Waals surface area (Å²) >= 11 is 0. The standard InChI is InChI=1S/C8H10N2O/c1-6(9)8(11)7-3-2-4-10-5-7/h2-6H,9H2,1H3/t6-/m1/s1. The van der Waals surface area contributed by atoms with Crippen LogP contribution in [0.5, 0.6) is 0 Å². The van der Waals surface area contributed by atoms with Gasteiger partial charge in [-0.3, -0.25) is 9.78 Å². The summed E-state index contributed by atoms with van der Waals surface area (Å²) in [6.45, 7) is 1.66. The molecule has 1 rings (SSSR count). The number of ketones is 1. The highest BCUT2D eigenvalue weighted by atomic mass is 16.1. The topological polar surface area (TPSA) is 56.0 Å². The van der Waals surface area contributed by atoms with E-state index in [1.165, 1.54) is 6.20 Å². The Morgan fingerprint density at radius 1 is 1.73 bits per heavy atom. The minimum absolute atomic E-state index is 0.0712. The van der Waals surface area contributed by atoms with E-state index in [4.69, 9.17) is 5.73 Å². The van der Waals surface area contributed by atoms with Crippen molar-refractivity contribution in [2.24, 2.45) is 5.73 Å². The van der Waals surface area contributed by atoms with Gasteiger partial charge in [0.15, 0.2) is 5.78 Å². The summed E-state index contributed by atoms with van der Waals surface area (Å²) in [5.41, 5.74) is 5.96. The molecule has 0 saturated carbocycles. The fourth-order valence-corrected chi connectivity index (χ4v) is 0.771. The second-order valence-corrected chi connectivity index (χ2v) is 2.39. The molecular formula is C8H10N2O. The third kappa shape index (κ3) is 1.85. The van der Waals surface area contributed by atoms with Crippen LogP contribution in [0.25, 0.3) is 0 Å². The molecule has 1 heterocycles. The monoisotopic (exact) mass is 150 g/mol. The molecule has 0 spiro atoms. The van der Waals surface area contributed by atoms with Crippen LogP contribution in [-0.4, -0.2) is 16.8 Å². The number of hydrogen-bond acceptors (Lipinski definition) is 3. The zero-order valence-electron chi connectivity index (χ0n) is 6.32. The van der Waals surface area contributed by atoms with Crippen LogP contribution in [0.3, 0.4) is 0 Å². The lowest BCUT2D eigenvalue weighted by molar-refractivity contribution is 0.0967. The Kier molecular flexibility index (Phi) is 2.33. The van der Waals surface area contributed by atoms with Gasteiger partial charge in [-0.05, 0) is 19.1 Å². The van der Waals surface area contributed by atoms with Gasteiger partial charge in [0.05, 0.1) is 6.04 Å². The molecular weight excluding hydrogens is 140 g/mol. The molecule has 0 amide bonds. The summed E-state index contributed by atoms with van der Waals surface area (Å²) in [4.78, 5) is 15.0. The molecule has 0 aliphatic carbocycles. The molecule has 1 atom stereocenters. The van der Waals surface area contributed by atoms with Crippen molar-refractivity contribution in [3.05, 3.63) is 30.1 Å². The quantitative estimate of drug-likeness (QED) is 0.628. The van der Waals surface area contributed by atoms with E-state index in [0.717, 1.165) is 0 Å². The molecule has 0 unspecified atom stereocenters. The summed E-state index contributed by atoms with van der Waals surface area (Å²) < 4.78 is 0. The first kappa shape index (κ1) is 7.88. The van der Waals surface area contributed by atoms with Gasteiger partial charge in [0.25, 0.3) is 0 Å². The molecule has 0 fully saturated rings. The number of Topliss-reactive ketones (excluding diaryl/α,β-unsaturated/α-hetero) is 1. The fraction of sp³-hybridized carbons (Fsp3) is 0.250. The molecule has 0 aliphatic rings. The lowest BCUT2D eigenvalue weighted by Crippen LogP contribution is -2.26. The Labute approximate surface area is 65.2 Å². The van der Waals surface area contributed by atoms with Crippen LogP contribution < -0.4 is 5.73 Å². The molecule has 2 N–H and O–H groups in total. The van der Waals surface area contributed by atoms with Gasteiger partial charge < -0.3 is 5.73 Å². The SMILES string of the molecule is C[C@@H](N)C(=O)c1cccnc1. The molecule has 1 aromatic rings. The van der Waals surface area contributed by atoms with E-state index in [2.05, 4.69) is 4.98 Å². The summed E-state index contributed by atoms with van der Waals surface area (Å²) in [5, 5.41) is 0. The number of hydrogen-bond donors (Lipinski definition) is 1. The maximum atomic E-state index is 11.2. The second kappa shape index (κ2) is 3.25. The van der Waals surface area contributed by atoms with E-state index in [9.17, 15) is 4.79 Å². The van der Waals surface area contributed by atoms with Crippen LogP contribution in [0, 0.1) is 0 Å². The molecule has 3 heteroatoms. The van der Waals surface area contributed by atoms with E-state index in [1.54, 1.807) is 25.3 Å². The minimum Gasteiger partial charge on any atom is -0.321 e. The summed E-state index contributed by atoms with van der Waals surface area (Å²) in [6, 6.07) is 2.98. The highest BCUT2D eigenvalue weighted by Crippen LogP contribution is 1.98. The lowest BCUT2D eigenvalue weighted by Gasteiger charge is -2.01. The molecule has 1 aromatic heterocycles. The maximum absolute atomic E-state index is 11.2. The van der Waals surface area contributed by atoms with Gasteiger partial charge in [0.1, 0.15) is 0 Å². The lowest BCUT2D eigenvalue weighted by atomic mass is 10.1. The average Bonchev–Trinajstić information content (AvgIpc) is 2.05. The van der Waals surface area contributed by atoms with E-state index in [1.807, 2.05) is 0 Å². The number of pyridine rings is 1. The molecule has 0 bridgehead atoms. The normalized spacial score (nSPS) is 12.5. The highest BCUT2D eigenvalue weighted by Gasteiger charge is 2.09. The highest BCUT2D eigenvalue weighted by molar-refractivity contribution is 5.99. The van der Waals surface area contributed by atoms with Gasteiger partial charge in [-0.25, -0.2) is 0 Å². The largest absolute Gasteiger partial charge is 0.321 e. The second-order valence-electron chi connectivity index (χ2n) is 2.39. The van der Waals surface area contributed by atoms with Crippen LogP contribution in [0.2, 0.25) is 0 Å². The number of aromatic nitrogens is 1. The molecule has 0 saturated heterocycles. The summed E-state index contributed by atoms with van der Waals surface area (Å²) in [6.07, 6.45) is 3.14. The molecule has 0 aliphatic heterocycles. The average molecular weight is 150 g/mol. The van der Waals surface area contributed by atoms with Crippen molar-refractivity contribution in [2.45, 2.75) is 13.0 Å². The van der Waals surface area contributed by atoms with Gasteiger partial charge in [0.2, 0.25) is 0 Å². The number of rotatable bonds is 2. The van der Waals surface area contributed by atoms with E-state index in [-0.39, 0.29) is 5.78 Å². The van der Waals surface area contributed by atoms with Crippen molar-refractivity contribution in [1.29, 1.82) is 0 Å². The first-order chi connectivity index (χ1) is 5.22. The molecule has 0 aromatic carbocycles. The molecule has 58 valence electrons. The van der Waals surface area contributed by atoms with Gasteiger partial charge in [-0.1, -0.05) is 0 Å². The summed E-state index contributed by atoms with van der Waals surface area (Å²) in [7, 11) is 0. The zero-order chi connectivity index (χ0) is 8.27. The third-order valence-corrected chi connectivity index (χ3v) is 1.36. The minimum atomic E-state index is -0.445. The van der Waals surface area contributed by atoms with E-state index >= 15 is 0 Å². The fourth-order valence-electron chi connectivity index (χ4n) is 0.771. The molecule has 11 heavy (non-hydrogen) atoms. The van der Waals surface area contributed by atoms with Gasteiger partial charge in [-0.2, -0.15) is 0 Å². The van der Waals surface area contributed by atoms with Crippen molar-refractivity contribution >= 4 is 5.78 Å². The van der Waals surface area contributed by atoms with Crippen molar-refractivity contribution in [3.63, 3.8) is 0 Å². The smallest absolute Gasteiger partial charge is 0.180 e. The van der Waals surface area contributed by atoms with Gasteiger partial charge in [0, 0.05) is 18.0 Å². The first-order valence-corrected chi connectivity index (χ1v) is 3.41. The molecule has 0 radical (unpaired) electrons. The van der Waals surface area contributed by atoms with Gasteiger partial charge in [-0.15, -0.1) is 0 Å². The van der Waals surface area contributed by atoms with Crippen LogP contribution in [0.4, 0.5) is 0 Å². The van der Waals surface area contributed by atoms with Crippen LogP contribution in [0.15, 0.2) is 24.5 Å². The van der Waals surface area contributed by atoms with Crippen molar-refractivity contribution in [3.8, 4) is 0 Å². The first-order valence-electron chi connectivity index (χ1n) is 3.41. The summed E-state index contributed by atoms with van der Waals surface area (Å²) in [5.74, 6) is -0.0712. The van der Waals surface area contributed by atoms with Crippen LogP contribution in [0.1, 0.15) is 17.3 Å². The Morgan fingerprint density at radius 3 is 2.91 bits per heavy atom. The third-order valence-electron chi connectivity index (χ3n) is 1.36. The number of carbonyl (C=O) groups is 1. The number of carbonyl (C=O) groups excluding carboxylic acids is 1. The Bertz CT molecular complexity index is 244. The predicted octanol–water partition coefficient (Wildman–Crippen LogP) is 0.612. The van der Waals surface area contributed by atoms with E-state index in [0.29, 0.717) is 5.56 Å². The van der Waals surface area contributed by atoms with Crippen molar-refractivity contribution in [2.75, 3.05) is 0 Å². The predicted molar refractivity (Wildman–Crippen MR) is 42.2 cm³/mol. The van der Waals surface area contributed by atoms with Crippen molar-refractivity contribution < 1.29 is 4.79 Å². The van der Waals surface area contributed by atoms with Crippen molar-refractivity contribution in [1.82, 2.24) is 4.98 Å². The Morgan fingerprint density at radius 2 is 2.45 bits per heavy atom. The molecule has 3 nitrogen and oxygen atoms in total. The number of nitrogens with zero attached hydrogens (tertiary/aromatic N) is 1. The number of nitrogens with two attached hydrogens (primary N) is 1. The van der Waals surface area contributed by atoms with Crippen LogP contribution in [-0.2, 0) is 0 Å². The van der Waals surface area contributed by atoms with Crippen LogP contribution >= 0.6 is 0 Å².